The van der Waals surface area contributed by atoms with Crippen molar-refractivity contribution >= 4 is 22.3 Å². The third kappa shape index (κ3) is 2.48. The van der Waals surface area contributed by atoms with Gasteiger partial charge in [0.1, 0.15) is 5.82 Å². The summed E-state index contributed by atoms with van der Waals surface area (Å²) >= 11 is 0. The standard InChI is InChI=1S/C18H18N4/c1-2-7-20-18(3-1)22-11-9-21(10-12-22)17-5-4-16-14-19-8-6-15(16)13-17/h1-8,13-14H,9-12H2. The Hall–Kier alpha value is -2.62. The van der Waals surface area contributed by atoms with Gasteiger partial charge in [-0.2, -0.15) is 0 Å². The van der Waals surface area contributed by atoms with Gasteiger partial charge in [0.05, 0.1) is 0 Å². The lowest BCUT2D eigenvalue weighted by Crippen LogP contribution is -2.46. The van der Waals surface area contributed by atoms with Crippen molar-refractivity contribution in [3.05, 3.63) is 61.1 Å². The predicted octanol–water partition coefficient (Wildman–Crippen LogP) is 2.96. The van der Waals surface area contributed by atoms with Gasteiger partial charge in [-0.15, -0.1) is 0 Å². The Balaban J connectivity index is 1.50. The Labute approximate surface area is 130 Å². The average molecular weight is 290 g/mol. The molecule has 0 aliphatic carbocycles. The molecule has 1 saturated heterocycles. The van der Waals surface area contributed by atoms with Gasteiger partial charge in [0, 0.05) is 55.8 Å². The average Bonchev–Trinajstić information content (AvgIpc) is 2.62. The van der Waals surface area contributed by atoms with Gasteiger partial charge in [0.2, 0.25) is 0 Å². The van der Waals surface area contributed by atoms with Crippen molar-refractivity contribution in [1.29, 1.82) is 0 Å². The SMILES string of the molecule is c1ccc(N2CCN(c3ccc4cnccc4c3)CC2)nc1. The molecule has 0 saturated carbocycles. The molecule has 0 spiro atoms. The summed E-state index contributed by atoms with van der Waals surface area (Å²) < 4.78 is 0. The van der Waals surface area contributed by atoms with E-state index in [4.69, 9.17) is 0 Å². The zero-order valence-electron chi connectivity index (χ0n) is 12.4. The molecule has 110 valence electrons. The van der Waals surface area contributed by atoms with Gasteiger partial charge in [-0.3, -0.25) is 4.98 Å². The largest absolute Gasteiger partial charge is 0.368 e. The van der Waals surface area contributed by atoms with Crippen LogP contribution in [0.2, 0.25) is 0 Å². The van der Waals surface area contributed by atoms with Crippen LogP contribution in [0.5, 0.6) is 0 Å². The van der Waals surface area contributed by atoms with E-state index >= 15 is 0 Å². The first kappa shape index (κ1) is 13.1. The molecular weight excluding hydrogens is 272 g/mol. The summed E-state index contributed by atoms with van der Waals surface area (Å²) in [7, 11) is 0. The second-order valence-corrected chi connectivity index (χ2v) is 5.57. The summed E-state index contributed by atoms with van der Waals surface area (Å²) in [5.41, 5.74) is 1.29. The third-order valence-electron chi connectivity index (χ3n) is 4.24. The van der Waals surface area contributed by atoms with E-state index in [2.05, 4.69) is 50.1 Å². The van der Waals surface area contributed by atoms with Crippen LogP contribution in [-0.2, 0) is 0 Å². The van der Waals surface area contributed by atoms with Crippen molar-refractivity contribution in [2.24, 2.45) is 0 Å². The van der Waals surface area contributed by atoms with Crippen LogP contribution in [0, 0.1) is 0 Å². The third-order valence-corrected chi connectivity index (χ3v) is 4.24. The lowest BCUT2D eigenvalue weighted by atomic mass is 10.1. The summed E-state index contributed by atoms with van der Waals surface area (Å²) in [5, 5.41) is 2.44. The number of hydrogen-bond acceptors (Lipinski definition) is 4. The van der Waals surface area contributed by atoms with Crippen LogP contribution in [-0.4, -0.2) is 36.1 Å². The van der Waals surface area contributed by atoms with Gasteiger partial charge < -0.3 is 9.80 Å². The molecule has 0 radical (unpaired) electrons. The van der Waals surface area contributed by atoms with Crippen molar-refractivity contribution in [2.75, 3.05) is 36.0 Å². The number of rotatable bonds is 2. The zero-order valence-corrected chi connectivity index (χ0v) is 12.4. The van der Waals surface area contributed by atoms with Crippen LogP contribution >= 0.6 is 0 Å². The van der Waals surface area contributed by atoms with E-state index in [0.29, 0.717) is 0 Å². The van der Waals surface area contributed by atoms with E-state index in [9.17, 15) is 0 Å². The highest BCUT2D eigenvalue weighted by molar-refractivity contribution is 5.85. The van der Waals surface area contributed by atoms with E-state index in [1.54, 1.807) is 0 Å². The fourth-order valence-electron chi connectivity index (χ4n) is 3.00. The number of benzene rings is 1. The van der Waals surface area contributed by atoms with Crippen molar-refractivity contribution in [3.8, 4) is 0 Å². The highest BCUT2D eigenvalue weighted by Crippen LogP contribution is 2.23. The monoisotopic (exact) mass is 290 g/mol. The molecule has 0 N–H and O–H groups in total. The van der Waals surface area contributed by atoms with Gasteiger partial charge in [-0.1, -0.05) is 12.1 Å². The molecule has 1 fully saturated rings. The van der Waals surface area contributed by atoms with Crippen molar-refractivity contribution < 1.29 is 0 Å². The van der Waals surface area contributed by atoms with Gasteiger partial charge >= 0.3 is 0 Å². The minimum atomic E-state index is 1.01. The summed E-state index contributed by atoms with van der Waals surface area (Å²) in [6.45, 7) is 4.05. The minimum Gasteiger partial charge on any atom is -0.368 e. The zero-order chi connectivity index (χ0) is 14.8. The van der Waals surface area contributed by atoms with E-state index in [0.717, 1.165) is 32.0 Å². The van der Waals surface area contributed by atoms with Crippen LogP contribution < -0.4 is 9.80 Å². The van der Waals surface area contributed by atoms with Crippen LogP contribution in [0.25, 0.3) is 10.8 Å². The van der Waals surface area contributed by atoms with Gasteiger partial charge in [0.15, 0.2) is 0 Å². The first-order valence-electron chi connectivity index (χ1n) is 7.65. The number of hydrogen-bond donors (Lipinski definition) is 0. The summed E-state index contributed by atoms with van der Waals surface area (Å²) in [6.07, 6.45) is 5.63. The molecule has 1 aliphatic rings. The maximum Gasteiger partial charge on any atom is 0.128 e. The molecule has 0 bridgehead atoms. The summed E-state index contributed by atoms with van der Waals surface area (Å²) in [5.74, 6) is 1.08. The Kier molecular flexibility index (Phi) is 3.35. The Bertz CT molecular complexity index is 764. The minimum absolute atomic E-state index is 1.01. The van der Waals surface area contributed by atoms with Crippen LogP contribution in [0.4, 0.5) is 11.5 Å². The molecule has 3 aromatic rings. The molecule has 0 amide bonds. The number of pyridine rings is 2. The molecule has 3 heterocycles. The van der Waals surface area contributed by atoms with Crippen LogP contribution in [0.15, 0.2) is 61.1 Å². The number of anilines is 2. The van der Waals surface area contributed by atoms with Gasteiger partial charge in [-0.25, -0.2) is 4.98 Å². The topological polar surface area (TPSA) is 32.3 Å². The molecule has 2 aromatic heterocycles. The second kappa shape index (κ2) is 5.64. The molecular formula is C18H18N4. The van der Waals surface area contributed by atoms with Crippen LogP contribution in [0.1, 0.15) is 0 Å². The van der Waals surface area contributed by atoms with E-state index in [1.165, 1.54) is 16.5 Å². The Morgan fingerprint density at radius 1 is 0.773 bits per heavy atom. The first-order chi connectivity index (χ1) is 10.9. The quantitative estimate of drug-likeness (QED) is 0.726. The molecule has 0 atom stereocenters. The lowest BCUT2D eigenvalue weighted by molar-refractivity contribution is 0.648. The fraction of sp³-hybridized carbons (Fsp3) is 0.222. The summed E-state index contributed by atoms with van der Waals surface area (Å²) in [6, 6.07) is 14.8. The predicted molar refractivity (Wildman–Crippen MR) is 90.4 cm³/mol. The molecule has 4 rings (SSSR count). The number of nitrogens with zero attached hydrogens (tertiary/aromatic N) is 4. The maximum atomic E-state index is 4.44. The highest BCUT2D eigenvalue weighted by Gasteiger charge is 2.18. The molecule has 0 unspecified atom stereocenters. The maximum absolute atomic E-state index is 4.44. The van der Waals surface area contributed by atoms with Crippen LogP contribution in [0.3, 0.4) is 0 Å². The van der Waals surface area contributed by atoms with Gasteiger partial charge in [0.25, 0.3) is 0 Å². The Morgan fingerprint density at radius 2 is 1.64 bits per heavy atom. The summed E-state index contributed by atoms with van der Waals surface area (Å²) in [4.78, 5) is 13.4. The molecule has 4 nitrogen and oxygen atoms in total. The van der Waals surface area contributed by atoms with Crippen molar-refractivity contribution in [1.82, 2.24) is 9.97 Å². The van der Waals surface area contributed by atoms with Crippen molar-refractivity contribution in [3.63, 3.8) is 0 Å². The number of piperazine rings is 1. The lowest BCUT2D eigenvalue weighted by Gasteiger charge is -2.36. The van der Waals surface area contributed by atoms with E-state index in [1.807, 2.05) is 30.7 Å². The van der Waals surface area contributed by atoms with Gasteiger partial charge in [-0.05, 0) is 35.7 Å². The highest BCUT2D eigenvalue weighted by atomic mass is 15.3. The van der Waals surface area contributed by atoms with Crippen molar-refractivity contribution in [2.45, 2.75) is 0 Å². The smallest absolute Gasteiger partial charge is 0.128 e. The second-order valence-electron chi connectivity index (χ2n) is 5.57. The molecule has 22 heavy (non-hydrogen) atoms. The normalized spacial score (nSPS) is 15.3. The fourth-order valence-corrected chi connectivity index (χ4v) is 3.00. The first-order valence-corrected chi connectivity index (χ1v) is 7.65. The van der Waals surface area contributed by atoms with E-state index in [-0.39, 0.29) is 0 Å². The van der Waals surface area contributed by atoms with E-state index < -0.39 is 0 Å². The molecule has 1 aliphatic heterocycles. The molecule has 1 aromatic carbocycles. The number of fused-ring (bicyclic) bond motifs is 1. The number of aromatic nitrogens is 2. The molecule has 4 heteroatoms. The Morgan fingerprint density at radius 3 is 2.45 bits per heavy atom.